The molecule has 11 heteroatoms. The third-order valence-electron chi connectivity index (χ3n) is 3.80. The summed E-state index contributed by atoms with van der Waals surface area (Å²) in [6.45, 7) is 3.09. The molecule has 158 valence electrons. The standard InChI is InChI=1S/C16H28N2O4.HO4P.H2/c1-5-12(6-2)22-14-9-11(16(20)21-7-3)8-13(17)15(14)18-10(4)19;1-4-5(2)3;/h9,12-15H,5-8,17H2,1-4H3,(H,18,19);1H;1H/t13-,14?,15+;;/m0../s1/i4D3;;. The molecule has 0 aliphatic heterocycles. The van der Waals surface area contributed by atoms with Crippen LogP contribution in [0.3, 0.4) is 0 Å². The highest BCUT2D eigenvalue weighted by atomic mass is 31.1. The largest absolute Gasteiger partial charge is 0.496 e. The van der Waals surface area contributed by atoms with Gasteiger partial charge in [-0.2, -0.15) is 0 Å². The van der Waals surface area contributed by atoms with Crippen LogP contribution < -0.4 is 11.1 Å². The van der Waals surface area contributed by atoms with Gasteiger partial charge < -0.3 is 20.5 Å². The fourth-order valence-electron chi connectivity index (χ4n) is 2.54. The first kappa shape index (κ1) is 20.2. The van der Waals surface area contributed by atoms with E-state index < -0.39 is 44.8 Å². The number of nitrogens with one attached hydrogen (secondary N) is 1. The van der Waals surface area contributed by atoms with Gasteiger partial charge >= 0.3 is 13.9 Å². The van der Waals surface area contributed by atoms with Crippen molar-refractivity contribution in [2.24, 2.45) is 5.73 Å². The molecule has 27 heavy (non-hydrogen) atoms. The molecular weight excluding hydrogens is 379 g/mol. The van der Waals surface area contributed by atoms with E-state index in [9.17, 15) is 9.59 Å². The summed E-state index contributed by atoms with van der Waals surface area (Å²) in [7, 11) is -3.04. The van der Waals surface area contributed by atoms with E-state index in [4.69, 9.17) is 33.7 Å². The molecule has 1 amide bonds. The fourth-order valence-corrected chi connectivity index (χ4v) is 2.54. The summed E-state index contributed by atoms with van der Waals surface area (Å²) in [6.07, 6.45) is 2.45. The molecule has 0 saturated heterocycles. The van der Waals surface area contributed by atoms with Crippen LogP contribution >= 0.6 is 7.91 Å². The highest BCUT2D eigenvalue weighted by Crippen LogP contribution is 2.24. The summed E-state index contributed by atoms with van der Waals surface area (Å²) in [5, 5.41) is 9.50. The molecule has 0 aromatic rings. The van der Waals surface area contributed by atoms with Crippen molar-refractivity contribution in [2.45, 2.75) is 71.2 Å². The number of esters is 1. The zero-order chi connectivity index (χ0) is 23.5. The van der Waals surface area contributed by atoms with E-state index in [1.54, 1.807) is 13.0 Å². The van der Waals surface area contributed by atoms with Gasteiger partial charge in [0.05, 0.1) is 24.9 Å². The number of carbonyl (C=O) groups excluding carboxylic acids is 2. The molecule has 0 aromatic carbocycles. The molecule has 4 N–H and O–H groups in total. The monoisotopic (exact) mass is 413 g/mol. The molecular formula is C16H31N2O8P. The highest BCUT2D eigenvalue weighted by Gasteiger charge is 2.35. The van der Waals surface area contributed by atoms with Gasteiger partial charge in [0.15, 0.2) is 0 Å². The molecule has 10 nitrogen and oxygen atoms in total. The average molecular weight is 413 g/mol. The number of amides is 1. The molecule has 0 bridgehead atoms. The second-order valence-electron chi connectivity index (χ2n) is 5.62. The molecule has 0 spiro atoms. The van der Waals surface area contributed by atoms with Gasteiger partial charge in [0.25, 0.3) is 0 Å². The maximum atomic E-state index is 12.0. The predicted octanol–water partition coefficient (Wildman–Crippen LogP) is 2.10. The lowest BCUT2D eigenvalue weighted by molar-refractivity contribution is -0.139. The van der Waals surface area contributed by atoms with Gasteiger partial charge in [-0.25, -0.2) is 19.2 Å². The van der Waals surface area contributed by atoms with Crippen LogP contribution in [0.15, 0.2) is 11.6 Å². The Hall–Kier alpha value is -1.58. The normalized spacial score (nSPS) is 23.7. The van der Waals surface area contributed by atoms with Crippen molar-refractivity contribution in [3.63, 3.8) is 0 Å². The lowest BCUT2D eigenvalue weighted by atomic mass is 9.88. The van der Waals surface area contributed by atoms with Gasteiger partial charge in [0.2, 0.25) is 5.91 Å². The van der Waals surface area contributed by atoms with E-state index >= 15 is 0 Å². The molecule has 0 heterocycles. The van der Waals surface area contributed by atoms with Crippen molar-refractivity contribution in [1.29, 1.82) is 0 Å². The maximum Gasteiger partial charge on any atom is 0.496 e. The Morgan fingerprint density at radius 1 is 1.44 bits per heavy atom. The summed E-state index contributed by atoms with van der Waals surface area (Å²) in [5.41, 5.74) is 6.50. The number of ether oxygens (including phenoxy) is 2. The van der Waals surface area contributed by atoms with Crippen LogP contribution in [0.1, 0.15) is 52.4 Å². The first-order valence-corrected chi connectivity index (χ1v) is 9.56. The number of carbonyl (C=O) groups is 2. The Morgan fingerprint density at radius 3 is 2.48 bits per heavy atom. The van der Waals surface area contributed by atoms with Crippen LogP contribution in [-0.2, 0) is 32.9 Å². The molecule has 0 radical (unpaired) electrons. The number of nitrogens with two attached hydrogens (primary N) is 1. The molecule has 0 fully saturated rings. The van der Waals surface area contributed by atoms with Crippen molar-refractivity contribution < 1.29 is 43.7 Å². The molecule has 0 aromatic heterocycles. The Kier molecular flexibility index (Phi) is 10.1. The van der Waals surface area contributed by atoms with Crippen molar-refractivity contribution in [2.75, 3.05) is 6.61 Å². The van der Waals surface area contributed by atoms with Gasteiger partial charge in [0.1, 0.15) is 0 Å². The minimum atomic E-state index is -3.04. The predicted molar refractivity (Wildman–Crippen MR) is 98.3 cm³/mol. The summed E-state index contributed by atoms with van der Waals surface area (Å²) in [4.78, 5) is 23.9. The quantitative estimate of drug-likeness (QED) is 0.235. The smallest absolute Gasteiger partial charge is 0.463 e. The van der Waals surface area contributed by atoms with Gasteiger partial charge in [-0.15, -0.1) is 4.67 Å². The molecule has 1 aliphatic rings. The Morgan fingerprint density at radius 2 is 2.04 bits per heavy atom. The lowest BCUT2D eigenvalue weighted by Crippen LogP contribution is -2.57. The van der Waals surface area contributed by atoms with Crippen LogP contribution in [-0.4, -0.2) is 48.0 Å². The van der Waals surface area contributed by atoms with Gasteiger partial charge in [-0.05, 0) is 32.3 Å². The first-order chi connectivity index (χ1) is 13.9. The SMILES string of the molecule is O=P(=O)OO.[2H]C([2H])([2H])C(=O)N[C@H]1C(OC(CC)CC)C=C(C(=O)OCC)C[C@@H]1N.[HH]. The zero-order valence-corrected chi connectivity index (χ0v) is 16.4. The van der Waals surface area contributed by atoms with Crippen LogP contribution in [0.25, 0.3) is 0 Å². The van der Waals surface area contributed by atoms with Crippen molar-refractivity contribution in [3.05, 3.63) is 11.6 Å². The van der Waals surface area contributed by atoms with Crippen LogP contribution in [0.5, 0.6) is 0 Å². The fraction of sp³-hybridized carbons (Fsp3) is 0.750. The second-order valence-corrected chi connectivity index (χ2v) is 6.23. The second kappa shape index (κ2) is 13.6. The number of hydrogen-bond acceptors (Lipinski definition) is 9. The molecule has 1 aliphatic carbocycles. The molecule has 1 unspecified atom stereocenters. The van der Waals surface area contributed by atoms with Crippen molar-refractivity contribution >= 4 is 19.8 Å². The molecule has 3 atom stereocenters. The van der Waals surface area contributed by atoms with E-state index in [0.717, 1.165) is 12.8 Å². The van der Waals surface area contributed by atoms with Gasteiger partial charge in [-0.3, -0.25) is 4.79 Å². The molecule has 1 rings (SSSR count). The maximum absolute atomic E-state index is 12.0. The Balaban J connectivity index is 0. The lowest BCUT2D eigenvalue weighted by Gasteiger charge is -2.36. The van der Waals surface area contributed by atoms with E-state index in [1.165, 1.54) is 0 Å². The van der Waals surface area contributed by atoms with E-state index in [-0.39, 0.29) is 20.6 Å². The third kappa shape index (κ3) is 9.78. The van der Waals surface area contributed by atoms with Gasteiger partial charge in [-0.1, -0.05) is 13.8 Å². The van der Waals surface area contributed by atoms with Crippen LogP contribution in [0.4, 0.5) is 0 Å². The summed E-state index contributed by atoms with van der Waals surface area (Å²) < 4.78 is 53.2. The van der Waals surface area contributed by atoms with E-state index in [0.29, 0.717) is 5.57 Å². The molecule has 0 saturated carbocycles. The third-order valence-corrected chi connectivity index (χ3v) is 3.93. The van der Waals surface area contributed by atoms with Crippen molar-refractivity contribution in [3.8, 4) is 0 Å². The highest BCUT2D eigenvalue weighted by molar-refractivity contribution is 7.24. The van der Waals surface area contributed by atoms with E-state index in [2.05, 4.69) is 9.99 Å². The van der Waals surface area contributed by atoms with E-state index in [1.807, 2.05) is 13.8 Å². The number of rotatable bonds is 8. The summed E-state index contributed by atoms with van der Waals surface area (Å²) >= 11 is 0. The minimum Gasteiger partial charge on any atom is -0.463 e. The summed E-state index contributed by atoms with van der Waals surface area (Å²) in [6, 6.07) is -1.39. The van der Waals surface area contributed by atoms with Crippen molar-refractivity contribution in [1.82, 2.24) is 5.32 Å². The van der Waals surface area contributed by atoms with Gasteiger partial charge in [0, 0.05) is 24.0 Å². The zero-order valence-electron chi connectivity index (χ0n) is 18.5. The Bertz CT molecular complexity index is 660. The average Bonchev–Trinajstić information content (AvgIpc) is 2.67. The van der Waals surface area contributed by atoms with Crippen LogP contribution in [0.2, 0.25) is 0 Å². The minimum absolute atomic E-state index is 0. The number of hydrogen-bond donors (Lipinski definition) is 3. The van der Waals surface area contributed by atoms with Crippen LogP contribution in [0, 0.1) is 0 Å². The summed E-state index contributed by atoms with van der Waals surface area (Å²) in [5.74, 6) is -1.56. The first-order valence-electron chi connectivity index (χ1n) is 9.96. The topological polar surface area (TPSA) is 154 Å². The Labute approximate surface area is 164 Å².